The van der Waals surface area contributed by atoms with Gasteiger partial charge in [0.15, 0.2) is 4.73 Å². The van der Waals surface area contributed by atoms with Crippen LogP contribution in [0.4, 0.5) is 4.79 Å². The predicted octanol–water partition coefficient (Wildman–Crippen LogP) is 2.40. The topological polar surface area (TPSA) is 47.4 Å². The highest BCUT2D eigenvalue weighted by Gasteiger charge is 2.26. The Morgan fingerprint density at radius 1 is 1.47 bits per heavy atom. The largest absolute Gasteiger partial charge is 0.444 e. The first kappa shape index (κ1) is 12.4. The minimum atomic E-state index is -0.449. The lowest BCUT2D eigenvalue weighted by Gasteiger charge is -2.30. The Bertz CT molecular complexity index is 436. The van der Waals surface area contributed by atoms with Crippen molar-refractivity contribution in [3.63, 3.8) is 0 Å². The number of hydrogen-bond acceptors (Lipinski definition) is 3. The van der Waals surface area contributed by atoms with Crippen molar-refractivity contribution in [3.05, 3.63) is 16.6 Å². The quantitative estimate of drug-likeness (QED) is 0.739. The minimum absolute atomic E-state index is 0.263. The first-order valence-corrected chi connectivity index (χ1v) is 6.34. The third-order valence-electron chi connectivity index (χ3n) is 2.49. The standard InChI is InChI=1S/C11H16BrN3O2/c1-11(2,3)17-10(16)14-4-5-15-8(7-14)6-13-9(15)12/h6H,4-5,7H2,1-3H3. The van der Waals surface area contributed by atoms with Gasteiger partial charge < -0.3 is 14.2 Å². The summed E-state index contributed by atoms with van der Waals surface area (Å²) < 4.78 is 8.22. The first-order valence-electron chi connectivity index (χ1n) is 5.54. The summed E-state index contributed by atoms with van der Waals surface area (Å²) in [5.41, 5.74) is 0.573. The van der Waals surface area contributed by atoms with Crippen LogP contribution in [0.3, 0.4) is 0 Å². The van der Waals surface area contributed by atoms with Crippen molar-refractivity contribution >= 4 is 22.0 Å². The highest BCUT2D eigenvalue weighted by atomic mass is 79.9. The Labute approximate surface area is 109 Å². The molecule has 0 aliphatic carbocycles. The molecular weight excluding hydrogens is 286 g/mol. The fourth-order valence-electron chi connectivity index (χ4n) is 1.73. The van der Waals surface area contributed by atoms with Crippen molar-refractivity contribution in [2.24, 2.45) is 0 Å². The smallest absolute Gasteiger partial charge is 0.410 e. The van der Waals surface area contributed by atoms with Crippen LogP contribution < -0.4 is 0 Å². The van der Waals surface area contributed by atoms with Gasteiger partial charge in [-0.25, -0.2) is 9.78 Å². The van der Waals surface area contributed by atoms with E-state index in [2.05, 4.69) is 25.5 Å². The molecule has 0 N–H and O–H groups in total. The fourth-order valence-corrected chi connectivity index (χ4v) is 2.23. The van der Waals surface area contributed by atoms with Crippen molar-refractivity contribution in [2.75, 3.05) is 6.54 Å². The second kappa shape index (κ2) is 4.33. The van der Waals surface area contributed by atoms with Crippen molar-refractivity contribution in [1.29, 1.82) is 0 Å². The maximum atomic E-state index is 11.9. The average molecular weight is 302 g/mol. The molecule has 0 atom stereocenters. The van der Waals surface area contributed by atoms with E-state index in [1.165, 1.54) is 0 Å². The van der Waals surface area contributed by atoms with Gasteiger partial charge in [-0.3, -0.25) is 0 Å². The summed E-state index contributed by atoms with van der Waals surface area (Å²) in [7, 11) is 0. The highest BCUT2D eigenvalue weighted by molar-refractivity contribution is 9.10. The van der Waals surface area contributed by atoms with E-state index in [4.69, 9.17) is 4.74 Å². The normalized spacial score (nSPS) is 15.6. The van der Waals surface area contributed by atoms with E-state index in [0.717, 1.165) is 17.0 Å². The molecular formula is C11H16BrN3O2. The zero-order valence-corrected chi connectivity index (χ0v) is 11.8. The molecule has 0 fully saturated rings. The van der Waals surface area contributed by atoms with Gasteiger partial charge in [-0.1, -0.05) is 0 Å². The average Bonchev–Trinajstić information content (AvgIpc) is 2.57. The lowest BCUT2D eigenvalue weighted by molar-refractivity contribution is 0.0198. The van der Waals surface area contributed by atoms with Gasteiger partial charge in [-0.2, -0.15) is 0 Å². The summed E-state index contributed by atoms with van der Waals surface area (Å²) in [6.45, 7) is 7.56. The highest BCUT2D eigenvalue weighted by Crippen LogP contribution is 2.20. The minimum Gasteiger partial charge on any atom is -0.444 e. The number of aromatic nitrogens is 2. The molecule has 1 amide bonds. The SMILES string of the molecule is CC(C)(C)OC(=O)N1CCn2c(cnc2Br)C1. The number of carbonyl (C=O) groups excluding carboxylic acids is 1. The maximum Gasteiger partial charge on any atom is 0.410 e. The van der Waals surface area contributed by atoms with Gasteiger partial charge in [-0.15, -0.1) is 0 Å². The maximum absolute atomic E-state index is 11.9. The Morgan fingerprint density at radius 3 is 2.82 bits per heavy atom. The second-order valence-corrected chi connectivity index (χ2v) is 5.78. The van der Waals surface area contributed by atoms with Crippen LogP contribution >= 0.6 is 15.9 Å². The molecule has 6 heteroatoms. The van der Waals surface area contributed by atoms with Crippen molar-refractivity contribution in [1.82, 2.24) is 14.5 Å². The number of fused-ring (bicyclic) bond motifs is 1. The molecule has 1 aromatic rings. The summed E-state index contributed by atoms with van der Waals surface area (Å²) in [5.74, 6) is 0. The monoisotopic (exact) mass is 301 g/mol. The third kappa shape index (κ3) is 2.80. The number of hydrogen-bond donors (Lipinski definition) is 0. The molecule has 0 aromatic carbocycles. The number of imidazole rings is 1. The van der Waals surface area contributed by atoms with E-state index >= 15 is 0 Å². The van der Waals surface area contributed by atoms with E-state index < -0.39 is 5.60 Å². The van der Waals surface area contributed by atoms with E-state index in [1.54, 1.807) is 11.1 Å². The van der Waals surface area contributed by atoms with E-state index in [-0.39, 0.29) is 6.09 Å². The molecule has 5 nitrogen and oxygen atoms in total. The van der Waals surface area contributed by atoms with Gasteiger partial charge >= 0.3 is 6.09 Å². The fraction of sp³-hybridized carbons (Fsp3) is 0.636. The number of halogens is 1. The molecule has 17 heavy (non-hydrogen) atoms. The Kier molecular flexibility index (Phi) is 3.16. The molecule has 1 aromatic heterocycles. The number of rotatable bonds is 0. The van der Waals surface area contributed by atoms with E-state index in [0.29, 0.717) is 13.1 Å². The Balaban J connectivity index is 2.05. The van der Waals surface area contributed by atoms with Crippen LogP contribution in [0.1, 0.15) is 26.5 Å². The molecule has 2 heterocycles. The van der Waals surface area contributed by atoms with Gasteiger partial charge in [-0.05, 0) is 36.7 Å². The molecule has 94 valence electrons. The van der Waals surface area contributed by atoms with E-state index in [1.807, 2.05) is 20.8 Å². The van der Waals surface area contributed by atoms with Crippen molar-refractivity contribution < 1.29 is 9.53 Å². The van der Waals surface area contributed by atoms with Crippen molar-refractivity contribution in [3.8, 4) is 0 Å². The van der Waals surface area contributed by atoms with Crippen LogP contribution in [-0.2, 0) is 17.8 Å². The lowest BCUT2D eigenvalue weighted by Crippen LogP contribution is -2.41. The Hall–Kier alpha value is -1.04. The number of ether oxygens (including phenoxy) is 1. The number of carbonyl (C=O) groups is 1. The molecule has 0 unspecified atom stereocenters. The zero-order valence-electron chi connectivity index (χ0n) is 10.2. The third-order valence-corrected chi connectivity index (χ3v) is 3.12. The molecule has 1 aliphatic rings. The summed E-state index contributed by atoms with van der Waals surface area (Å²) in [4.78, 5) is 17.8. The van der Waals surface area contributed by atoms with Crippen LogP contribution in [0.2, 0.25) is 0 Å². The van der Waals surface area contributed by atoms with Crippen LogP contribution in [0.15, 0.2) is 10.9 Å². The van der Waals surface area contributed by atoms with Crippen LogP contribution in [0.5, 0.6) is 0 Å². The summed E-state index contributed by atoms with van der Waals surface area (Å²) in [6, 6.07) is 0. The first-order chi connectivity index (χ1) is 7.87. The molecule has 1 aliphatic heterocycles. The van der Waals surface area contributed by atoms with Crippen LogP contribution in [0, 0.1) is 0 Å². The van der Waals surface area contributed by atoms with Gasteiger partial charge in [0.2, 0.25) is 0 Å². The van der Waals surface area contributed by atoms with Gasteiger partial charge in [0.25, 0.3) is 0 Å². The number of amides is 1. The van der Waals surface area contributed by atoms with Crippen molar-refractivity contribution in [2.45, 2.75) is 39.5 Å². The van der Waals surface area contributed by atoms with Crippen LogP contribution in [-0.4, -0.2) is 32.7 Å². The summed E-state index contributed by atoms with van der Waals surface area (Å²) >= 11 is 3.37. The molecule has 0 spiro atoms. The second-order valence-electron chi connectivity index (χ2n) is 5.07. The van der Waals surface area contributed by atoms with E-state index in [9.17, 15) is 4.79 Å². The molecule has 0 saturated heterocycles. The molecule has 0 saturated carbocycles. The molecule has 0 bridgehead atoms. The molecule has 2 rings (SSSR count). The predicted molar refractivity (Wildman–Crippen MR) is 66.6 cm³/mol. The van der Waals surface area contributed by atoms with Gasteiger partial charge in [0, 0.05) is 13.1 Å². The lowest BCUT2D eigenvalue weighted by atomic mass is 10.2. The summed E-state index contributed by atoms with van der Waals surface area (Å²) in [6.07, 6.45) is 1.52. The zero-order chi connectivity index (χ0) is 12.6. The van der Waals surface area contributed by atoms with Gasteiger partial charge in [0.1, 0.15) is 5.60 Å². The summed E-state index contributed by atoms with van der Waals surface area (Å²) in [5, 5.41) is 0. The number of nitrogens with zero attached hydrogens (tertiary/aromatic N) is 3. The van der Waals surface area contributed by atoms with Crippen LogP contribution in [0.25, 0.3) is 0 Å². The Morgan fingerprint density at radius 2 is 2.18 bits per heavy atom. The molecule has 0 radical (unpaired) electrons. The van der Waals surface area contributed by atoms with Gasteiger partial charge in [0.05, 0.1) is 18.4 Å².